The van der Waals surface area contributed by atoms with Gasteiger partial charge in [-0.2, -0.15) is 0 Å². The van der Waals surface area contributed by atoms with Gasteiger partial charge in [0.25, 0.3) is 0 Å². The van der Waals surface area contributed by atoms with Crippen LogP contribution in [0.15, 0.2) is 24.3 Å². The maximum absolute atomic E-state index is 12.3. The second-order valence-corrected chi connectivity index (χ2v) is 4.36. The van der Waals surface area contributed by atoms with E-state index >= 15 is 0 Å². The molecule has 1 N–H and O–H groups in total. The minimum absolute atomic E-state index is 0.0156. The standard InChI is InChI=1S/C14H17F3O4/c1-2-9-20-13(19)8-7-11(18)10-5-3-4-6-12(10)21-14(15,16)17/h3-6,11,18H,2,7-9H2,1H3. The van der Waals surface area contributed by atoms with Gasteiger partial charge in [0.15, 0.2) is 0 Å². The van der Waals surface area contributed by atoms with Crippen molar-refractivity contribution in [2.24, 2.45) is 0 Å². The average Bonchev–Trinajstić information content (AvgIpc) is 2.41. The number of para-hydroxylation sites is 1. The molecule has 0 aliphatic heterocycles. The molecule has 4 nitrogen and oxygen atoms in total. The molecule has 1 aromatic carbocycles. The second-order valence-electron chi connectivity index (χ2n) is 4.36. The van der Waals surface area contributed by atoms with Crippen LogP contribution in [0.5, 0.6) is 5.75 Å². The van der Waals surface area contributed by atoms with E-state index in [0.717, 1.165) is 6.07 Å². The van der Waals surface area contributed by atoms with E-state index < -0.39 is 24.2 Å². The fraction of sp³-hybridized carbons (Fsp3) is 0.500. The van der Waals surface area contributed by atoms with E-state index in [1.165, 1.54) is 18.2 Å². The Morgan fingerprint density at radius 1 is 1.33 bits per heavy atom. The summed E-state index contributed by atoms with van der Waals surface area (Å²) >= 11 is 0. The van der Waals surface area contributed by atoms with Crippen molar-refractivity contribution < 1.29 is 32.5 Å². The lowest BCUT2D eigenvalue weighted by molar-refractivity contribution is -0.275. The molecule has 1 rings (SSSR count). The molecule has 0 fully saturated rings. The van der Waals surface area contributed by atoms with E-state index in [2.05, 4.69) is 4.74 Å². The van der Waals surface area contributed by atoms with Crippen molar-refractivity contribution >= 4 is 5.97 Å². The Labute approximate surface area is 120 Å². The summed E-state index contributed by atoms with van der Waals surface area (Å²) in [7, 11) is 0. The first kappa shape index (κ1) is 17.3. The summed E-state index contributed by atoms with van der Waals surface area (Å²) in [6.07, 6.45) is -5.52. The third-order valence-electron chi connectivity index (χ3n) is 2.59. The minimum atomic E-state index is -4.84. The van der Waals surface area contributed by atoms with Crippen LogP contribution in [-0.2, 0) is 9.53 Å². The maximum Gasteiger partial charge on any atom is 0.573 e. The van der Waals surface area contributed by atoms with Gasteiger partial charge in [0.2, 0.25) is 0 Å². The van der Waals surface area contributed by atoms with Gasteiger partial charge in [0.05, 0.1) is 12.7 Å². The van der Waals surface area contributed by atoms with E-state index in [-0.39, 0.29) is 25.0 Å². The summed E-state index contributed by atoms with van der Waals surface area (Å²) in [5.41, 5.74) is -0.0156. The van der Waals surface area contributed by atoms with E-state index in [1.54, 1.807) is 0 Å². The molecular formula is C14H17F3O4. The highest BCUT2D eigenvalue weighted by Gasteiger charge is 2.32. The molecule has 1 atom stereocenters. The van der Waals surface area contributed by atoms with Gasteiger partial charge in [0.1, 0.15) is 5.75 Å². The van der Waals surface area contributed by atoms with Crippen molar-refractivity contribution in [3.8, 4) is 5.75 Å². The zero-order chi connectivity index (χ0) is 15.9. The lowest BCUT2D eigenvalue weighted by atomic mass is 10.0. The molecule has 0 bridgehead atoms. The lowest BCUT2D eigenvalue weighted by Crippen LogP contribution is -2.19. The van der Waals surface area contributed by atoms with Crippen molar-refractivity contribution in [2.45, 2.75) is 38.7 Å². The Balaban J connectivity index is 2.65. The number of esters is 1. The number of hydrogen-bond acceptors (Lipinski definition) is 4. The second kappa shape index (κ2) is 7.87. The molecule has 1 aromatic rings. The summed E-state index contributed by atoms with van der Waals surface area (Å²) in [6, 6.07) is 5.29. The third-order valence-corrected chi connectivity index (χ3v) is 2.59. The van der Waals surface area contributed by atoms with Crippen molar-refractivity contribution in [1.82, 2.24) is 0 Å². The molecular weight excluding hydrogens is 289 g/mol. The largest absolute Gasteiger partial charge is 0.573 e. The van der Waals surface area contributed by atoms with Gasteiger partial charge < -0.3 is 14.6 Å². The smallest absolute Gasteiger partial charge is 0.466 e. The predicted octanol–water partition coefficient (Wildman–Crippen LogP) is 3.35. The number of benzene rings is 1. The Hall–Kier alpha value is -1.76. The Kier molecular flexibility index (Phi) is 6.48. The molecule has 0 saturated heterocycles. The number of aliphatic hydroxyl groups is 1. The number of carbonyl (C=O) groups excluding carboxylic acids is 1. The zero-order valence-corrected chi connectivity index (χ0v) is 11.5. The van der Waals surface area contributed by atoms with E-state index in [1.807, 2.05) is 6.92 Å². The number of hydrogen-bond donors (Lipinski definition) is 1. The van der Waals surface area contributed by atoms with Gasteiger partial charge in [-0.15, -0.1) is 13.2 Å². The fourth-order valence-electron chi connectivity index (χ4n) is 1.67. The monoisotopic (exact) mass is 306 g/mol. The molecule has 0 spiro atoms. The zero-order valence-electron chi connectivity index (χ0n) is 11.5. The third kappa shape index (κ3) is 6.48. The maximum atomic E-state index is 12.3. The molecule has 0 aromatic heterocycles. The Morgan fingerprint density at radius 2 is 2.00 bits per heavy atom. The molecule has 21 heavy (non-hydrogen) atoms. The summed E-state index contributed by atoms with van der Waals surface area (Å²) in [4.78, 5) is 11.3. The van der Waals surface area contributed by atoms with Gasteiger partial charge in [-0.3, -0.25) is 4.79 Å². The van der Waals surface area contributed by atoms with Gasteiger partial charge in [-0.25, -0.2) is 0 Å². The molecule has 7 heteroatoms. The van der Waals surface area contributed by atoms with Crippen molar-refractivity contribution in [1.29, 1.82) is 0 Å². The SMILES string of the molecule is CCCOC(=O)CCC(O)c1ccccc1OC(F)(F)F. The Bertz CT molecular complexity index is 460. The number of rotatable bonds is 7. The van der Waals surface area contributed by atoms with Gasteiger partial charge in [-0.1, -0.05) is 25.1 Å². The van der Waals surface area contributed by atoms with E-state index in [0.29, 0.717) is 6.42 Å². The number of aliphatic hydroxyl groups excluding tert-OH is 1. The molecule has 0 aliphatic carbocycles. The van der Waals surface area contributed by atoms with Crippen molar-refractivity contribution in [2.75, 3.05) is 6.61 Å². The normalized spacial score (nSPS) is 12.8. The van der Waals surface area contributed by atoms with E-state index in [9.17, 15) is 23.1 Å². The van der Waals surface area contributed by atoms with Crippen LogP contribution in [0.1, 0.15) is 37.9 Å². The molecule has 0 heterocycles. The van der Waals surface area contributed by atoms with Crippen LogP contribution in [0, 0.1) is 0 Å². The first-order valence-electron chi connectivity index (χ1n) is 6.52. The molecule has 1 unspecified atom stereocenters. The van der Waals surface area contributed by atoms with Gasteiger partial charge >= 0.3 is 12.3 Å². The molecule has 0 amide bonds. The number of carbonyl (C=O) groups is 1. The summed E-state index contributed by atoms with van der Waals surface area (Å²) in [6.45, 7) is 2.12. The molecule has 118 valence electrons. The molecule has 0 saturated carbocycles. The van der Waals surface area contributed by atoms with Crippen LogP contribution in [0.3, 0.4) is 0 Å². The van der Waals surface area contributed by atoms with Crippen molar-refractivity contribution in [3.05, 3.63) is 29.8 Å². The number of alkyl halides is 3. The van der Waals surface area contributed by atoms with Crippen LogP contribution in [0.2, 0.25) is 0 Å². The van der Waals surface area contributed by atoms with Crippen molar-refractivity contribution in [3.63, 3.8) is 0 Å². The highest BCUT2D eigenvalue weighted by Crippen LogP contribution is 2.32. The highest BCUT2D eigenvalue weighted by atomic mass is 19.4. The Morgan fingerprint density at radius 3 is 2.62 bits per heavy atom. The molecule has 0 aliphatic rings. The highest BCUT2D eigenvalue weighted by molar-refractivity contribution is 5.69. The number of ether oxygens (including phenoxy) is 2. The van der Waals surface area contributed by atoms with Gasteiger partial charge in [0, 0.05) is 12.0 Å². The average molecular weight is 306 g/mol. The summed E-state index contributed by atoms with van der Waals surface area (Å²) < 4.78 is 45.5. The quantitative estimate of drug-likeness (QED) is 0.785. The van der Waals surface area contributed by atoms with Gasteiger partial charge in [-0.05, 0) is 18.9 Å². The minimum Gasteiger partial charge on any atom is -0.466 e. The summed E-state index contributed by atoms with van der Waals surface area (Å²) in [5, 5.41) is 9.92. The number of halogens is 3. The van der Waals surface area contributed by atoms with Crippen LogP contribution >= 0.6 is 0 Å². The topological polar surface area (TPSA) is 55.8 Å². The lowest BCUT2D eigenvalue weighted by Gasteiger charge is -2.16. The van der Waals surface area contributed by atoms with Crippen LogP contribution in [0.25, 0.3) is 0 Å². The van der Waals surface area contributed by atoms with Crippen LogP contribution in [-0.4, -0.2) is 24.0 Å². The fourth-order valence-corrected chi connectivity index (χ4v) is 1.67. The van der Waals surface area contributed by atoms with Crippen LogP contribution < -0.4 is 4.74 Å². The first-order valence-corrected chi connectivity index (χ1v) is 6.52. The molecule has 0 radical (unpaired) electrons. The summed E-state index contributed by atoms with van der Waals surface area (Å²) in [5.74, 6) is -0.968. The first-order chi connectivity index (χ1) is 9.83. The van der Waals surface area contributed by atoms with E-state index in [4.69, 9.17) is 4.74 Å². The van der Waals surface area contributed by atoms with Crippen LogP contribution in [0.4, 0.5) is 13.2 Å². The predicted molar refractivity (Wildman–Crippen MR) is 68.6 cm³/mol.